The molecule has 1 heterocycles. The summed E-state index contributed by atoms with van der Waals surface area (Å²) in [5.41, 5.74) is 4.03. The predicted octanol–water partition coefficient (Wildman–Crippen LogP) is 1.69. The fourth-order valence-electron chi connectivity index (χ4n) is 1.78. The number of rotatable bonds is 4. The number of thiophene rings is 1. The molecule has 0 spiro atoms. The van der Waals surface area contributed by atoms with Gasteiger partial charge in [-0.2, -0.15) is 0 Å². The molecule has 1 aromatic carbocycles. The van der Waals surface area contributed by atoms with E-state index in [1.807, 2.05) is 35.5 Å². The first-order valence-corrected chi connectivity index (χ1v) is 6.57. The van der Waals surface area contributed by atoms with Crippen LogP contribution in [0.2, 0.25) is 0 Å². The van der Waals surface area contributed by atoms with Crippen LogP contribution in [-0.4, -0.2) is 18.1 Å². The molecule has 5 nitrogen and oxygen atoms in total. The summed E-state index contributed by atoms with van der Waals surface area (Å²) in [6.07, 6.45) is 0. The van der Waals surface area contributed by atoms with Crippen molar-refractivity contribution in [3.05, 3.63) is 46.2 Å². The van der Waals surface area contributed by atoms with E-state index in [-0.39, 0.29) is 11.7 Å². The first-order valence-electron chi connectivity index (χ1n) is 5.69. The zero-order chi connectivity index (χ0) is 13.8. The van der Waals surface area contributed by atoms with Gasteiger partial charge >= 0.3 is 0 Å². The van der Waals surface area contributed by atoms with Gasteiger partial charge in [0.25, 0.3) is 5.91 Å². The maximum atomic E-state index is 11.6. The van der Waals surface area contributed by atoms with Gasteiger partial charge in [-0.1, -0.05) is 0 Å². The van der Waals surface area contributed by atoms with Crippen molar-refractivity contribution >= 4 is 22.9 Å². The number of benzene rings is 1. The van der Waals surface area contributed by atoms with Gasteiger partial charge in [0.2, 0.25) is 0 Å². The molecule has 0 aliphatic carbocycles. The monoisotopic (exact) mass is 277 g/mol. The van der Waals surface area contributed by atoms with E-state index >= 15 is 0 Å². The van der Waals surface area contributed by atoms with Crippen molar-refractivity contribution in [3.8, 4) is 5.75 Å². The Balaban J connectivity index is 2.15. The van der Waals surface area contributed by atoms with Gasteiger partial charge in [0.1, 0.15) is 5.75 Å². The lowest BCUT2D eigenvalue weighted by Gasteiger charge is -2.19. The average molecular weight is 277 g/mol. The van der Waals surface area contributed by atoms with E-state index in [4.69, 9.17) is 5.84 Å². The van der Waals surface area contributed by atoms with E-state index in [1.54, 1.807) is 12.1 Å². The second-order valence-corrected chi connectivity index (χ2v) is 5.04. The smallest absolute Gasteiger partial charge is 0.275 e. The van der Waals surface area contributed by atoms with Crippen molar-refractivity contribution < 1.29 is 9.90 Å². The lowest BCUT2D eigenvalue weighted by atomic mass is 10.2. The maximum Gasteiger partial charge on any atom is 0.275 e. The largest absolute Gasteiger partial charge is 0.508 e. The Bertz CT molecular complexity index is 566. The van der Waals surface area contributed by atoms with Crippen LogP contribution in [0.25, 0.3) is 0 Å². The number of hydrogen-bond donors (Lipinski definition) is 3. The quantitative estimate of drug-likeness (QED) is 0.451. The number of phenols is 1. The Morgan fingerprint density at radius 1 is 1.37 bits per heavy atom. The molecular weight excluding hydrogens is 262 g/mol. The molecule has 0 aliphatic heterocycles. The van der Waals surface area contributed by atoms with Gasteiger partial charge in [-0.25, -0.2) is 5.84 Å². The normalized spacial score (nSPS) is 10.2. The number of hydrazine groups is 1. The zero-order valence-corrected chi connectivity index (χ0v) is 11.3. The number of nitrogens with two attached hydrogens (primary N) is 1. The summed E-state index contributed by atoms with van der Waals surface area (Å²) in [6.45, 7) is 0.594. The summed E-state index contributed by atoms with van der Waals surface area (Å²) >= 11 is 1.36. The number of nitrogens with one attached hydrogen (secondary N) is 1. The van der Waals surface area contributed by atoms with Crippen LogP contribution in [0.15, 0.2) is 35.7 Å². The number of hydrogen-bond acceptors (Lipinski definition) is 5. The Labute approximate surface area is 115 Å². The van der Waals surface area contributed by atoms with Gasteiger partial charge in [-0.15, -0.1) is 11.3 Å². The third-order valence-corrected chi connectivity index (χ3v) is 3.74. The molecule has 6 heteroatoms. The van der Waals surface area contributed by atoms with Crippen LogP contribution < -0.4 is 16.2 Å². The number of amides is 1. The minimum absolute atomic E-state index is 0.232. The minimum atomic E-state index is -0.274. The van der Waals surface area contributed by atoms with Crippen LogP contribution >= 0.6 is 11.3 Å². The van der Waals surface area contributed by atoms with Crippen molar-refractivity contribution in [2.45, 2.75) is 6.54 Å². The van der Waals surface area contributed by atoms with Crippen molar-refractivity contribution in [1.29, 1.82) is 0 Å². The molecule has 19 heavy (non-hydrogen) atoms. The third-order valence-electron chi connectivity index (χ3n) is 2.78. The lowest BCUT2D eigenvalue weighted by Crippen LogP contribution is -2.30. The van der Waals surface area contributed by atoms with Gasteiger partial charge < -0.3 is 10.0 Å². The highest BCUT2D eigenvalue weighted by molar-refractivity contribution is 7.12. The molecular formula is C13H15N3O2S. The number of anilines is 1. The van der Waals surface area contributed by atoms with Gasteiger partial charge in [0.15, 0.2) is 0 Å². The van der Waals surface area contributed by atoms with E-state index in [1.165, 1.54) is 11.3 Å². The molecule has 0 saturated carbocycles. The molecule has 0 saturated heterocycles. The van der Waals surface area contributed by atoms with E-state index in [0.717, 1.165) is 11.3 Å². The Morgan fingerprint density at radius 2 is 2.05 bits per heavy atom. The van der Waals surface area contributed by atoms with Crippen molar-refractivity contribution in [3.63, 3.8) is 0 Å². The van der Waals surface area contributed by atoms with Crippen LogP contribution in [0.5, 0.6) is 5.75 Å². The van der Waals surface area contributed by atoms with Crippen LogP contribution in [0.3, 0.4) is 0 Å². The van der Waals surface area contributed by atoms with Crippen molar-refractivity contribution in [1.82, 2.24) is 5.43 Å². The first-order chi connectivity index (χ1) is 9.11. The molecule has 4 N–H and O–H groups in total. The molecule has 2 rings (SSSR count). The number of carbonyl (C=O) groups is 1. The maximum absolute atomic E-state index is 11.6. The first kappa shape index (κ1) is 13.4. The summed E-state index contributed by atoms with van der Waals surface area (Å²) in [5.74, 6) is 5.11. The molecule has 0 aliphatic rings. The Morgan fingerprint density at radius 3 is 2.68 bits per heavy atom. The molecule has 0 atom stereocenters. The lowest BCUT2D eigenvalue weighted by molar-refractivity contribution is 0.0957. The van der Waals surface area contributed by atoms with E-state index in [2.05, 4.69) is 5.43 Å². The molecule has 1 aromatic heterocycles. The average Bonchev–Trinajstić information content (AvgIpc) is 2.86. The van der Waals surface area contributed by atoms with Crippen molar-refractivity contribution in [2.24, 2.45) is 5.84 Å². The summed E-state index contributed by atoms with van der Waals surface area (Å²) < 4.78 is 0. The third kappa shape index (κ3) is 3.04. The summed E-state index contributed by atoms with van der Waals surface area (Å²) in [4.78, 5) is 14.2. The predicted molar refractivity (Wildman–Crippen MR) is 76.2 cm³/mol. The number of nitrogen functional groups attached to an aromatic ring is 1. The van der Waals surface area contributed by atoms with E-state index in [0.29, 0.717) is 11.4 Å². The second-order valence-electron chi connectivity index (χ2n) is 4.12. The SMILES string of the molecule is CN(Cc1ccsc1C(=O)NN)c1ccc(O)cc1. The number of nitrogens with zero attached hydrogens (tertiary/aromatic N) is 1. The fraction of sp³-hybridized carbons (Fsp3) is 0.154. The van der Waals surface area contributed by atoms with Crippen LogP contribution in [0.4, 0.5) is 5.69 Å². The van der Waals surface area contributed by atoms with Gasteiger partial charge in [0, 0.05) is 19.3 Å². The van der Waals surface area contributed by atoms with Crippen molar-refractivity contribution in [2.75, 3.05) is 11.9 Å². The highest BCUT2D eigenvalue weighted by Crippen LogP contribution is 2.22. The second kappa shape index (κ2) is 5.73. The van der Waals surface area contributed by atoms with Gasteiger partial charge in [0.05, 0.1) is 4.88 Å². The number of carbonyl (C=O) groups excluding carboxylic acids is 1. The number of aromatic hydroxyl groups is 1. The molecule has 0 fully saturated rings. The van der Waals surface area contributed by atoms with E-state index in [9.17, 15) is 9.90 Å². The molecule has 0 unspecified atom stereocenters. The highest BCUT2D eigenvalue weighted by Gasteiger charge is 2.13. The summed E-state index contributed by atoms with van der Waals surface area (Å²) in [7, 11) is 1.92. The van der Waals surface area contributed by atoms with Gasteiger partial charge in [-0.05, 0) is 41.3 Å². The summed E-state index contributed by atoms with van der Waals surface area (Å²) in [6, 6.07) is 8.82. The molecule has 0 bridgehead atoms. The molecule has 2 aromatic rings. The Hall–Kier alpha value is -2.05. The summed E-state index contributed by atoms with van der Waals surface area (Å²) in [5, 5.41) is 11.1. The van der Waals surface area contributed by atoms with E-state index < -0.39 is 0 Å². The Kier molecular flexibility index (Phi) is 4.03. The fourth-order valence-corrected chi connectivity index (χ4v) is 2.60. The van der Waals surface area contributed by atoms with Crippen LogP contribution in [-0.2, 0) is 6.54 Å². The standard InChI is InChI=1S/C13H15N3O2S/c1-16(10-2-4-11(17)5-3-10)8-9-6-7-19-12(9)13(18)15-14/h2-7,17H,8,14H2,1H3,(H,15,18). The van der Waals surface area contributed by atoms with Crippen LogP contribution in [0.1, 0.15) is 15.2 Å². The topological polar surface area (TPSA) is 78.6 Å². The number of phenolic OH excluding ortho intramolecular Hbond substituents is 1. The van der Waals surface area contributed by atoms with Gasteiger partial charge in [-0.3, -0.25) is 10.2 Å². The minimum Gasteiger partial charge on any atom is -0.508 e. The molecule has 1 amide bonds. The molecule has 0 radical (unpaired) electrons. The molecule has 100 valence electrons. The van der Waals surface area contributed by atoms with Crippen LogP contribution in [0, 0.1) is 0 Å². The highest BCUT2D eigenvalue weighted by atomic mass is 32.1. The zero-order valence-electron chi connectivity index (χ0n) is 10.5.